The SMILES string of the molecule is CCC(C(N)=O)c1ccc2ncc(C(F)(F)F)nc2c1. The predicted octanol–water partition coefficient (Wildman–Crippen LogP) is 2.63. The van der Waals surface area contributed by atoms with Gasteiger partial charge in [-0.1, -0.05) is 13.0 Å². The minimum absolute atomic E-state index is 0.0945. The molecule has 106 valence electrons. The topological polar surface area (TPSA) is 68.9 Å². The molecule has 2 aromatic rings. The molecule has 1 atom stereocenters. The van der Waals surface area contributed by atoms with Gasteiger partial charge in [-0.2, -0.15) is 13.2 Å². The lowest BCUT2D eigenvalue weighted by atomic mass is 9.95. The number of rotatable bonds is 3. The molecule has 0 fully saturated rings. The molecule has 0 saturated carbocycles. The van der Waals surface area contributed by atoms with Crippen molar-refractivity contribution in [3.05, 3.63) is 35.7 Å². The fourth-order valence-corrected chi connectivity index (χ4v) is 1.98. The van der Waals surface area contributed by atoms with Crippen LogP contribution in [0.4, 0.5) is 13.2 Å². The first kappa shape index (κ1) is 14.2. The summed E-state index contributed by atoms with van der Waals surface area (Å²) in [6.07, 6.45) is -3.40. The van der Waals surface area contributed by atoms with Crippen LogP contribution in [0.3, 0.4) is 0 Å². The lowest BCUT2D eigenvalue weighted by molar-refractivity contribution is -0.141. The predicted molar refractivity (Wildman–Crippen MR) is 66.8 cm³/mol. The fourth-order valence-electron chi connectivity index (χ4n) is 1.98. The van der Waals surface area contributed by atoms with Crippen molar-refractivity contribution in [3.63, 3.8) is 0 Å². The zero-order chi connectivity index (χ0) is 14.9. The third kappa shape index (κ3) is 2.71. The molecule has 1 aromatic heterocycles. The Morgan fingerprint density at radius 1 is 1.35 bits per heavy atom. The molecule has 0 bridgehead atoms. The Balaban J connectivity index is 2.54. The standard InChI is InChI=1S/C13H12F3N3O/c1-2-8(12(17)20)7-3-4-9-10(5-7)19-11(6-18-9)13(14,15)16/h3-6,8H,2H2,1H3,(H2,17,20). The van der Waals surface area contributed by atoms with Crippen LogP contribution in [0.5, 0.6) is 0 Å². The van der Waals surface area contributed by atoms with Crippen molar-refractivity contribution < 1.29 is 18.0 Å². The molecule has 4 nitrogen and oxygen atoms in total. The average Bonchev–Trinajstić information content (AvgIpc) is 2.37. The van der Waals surface area contributed by atoms with Gasteiger partial charge in [-0.15, -0.1) is 0 Å². The summed E-state index contributed by atoms with van der Waals surface area (Å²) in [5.74, 6) is -1.07. The van der Waals surface area contributed by atoms with Crippen LogP contribution in [-0.4, -0.2) is 15.9 Å². The zero-order valence-corrected chi connectivity index (χ0v) is 10.6. The van der Waals surface area contributed by atoms with E-state index in [9.17, 15) is 18.0 Å². The summed E-state index contributed by atoms with van der Waals surface area (Å²) >= 11 is 0. The van der Waals surface area contributed by atoms with Crippen molar-refractivity contribution in [3.8, 4) is 0 Å². The number of fused-ring (bicyclic) bond motifs is 1. The first-order valence-electron chi connectivity index (χ1n) is 5.96. The van der Waals surface area contributed by atoms with Crippen LogP contribution >= 0.6 is 0 Å². The lowest BCUT2D eigenvalue weighted by Gasteiger charge is -2.12. The Kier molecular flexibility index (Phi) is 3.61. The van der Waals surface area contributed by atoms with Crippen LogP contribution in [0.1, 0.15) is 30.5 Å². The van der Waals surface area contributed by atoms with Crippen molar-refractivity contribution in [1.82, 2.24) is 9.97 Å². The Morgan fingerprint density at radius 2 is 2.05 bits per heavy atom. The molecule has 1 aromatic carbocycles. The summed E-state index contributed by atoms with van der Waals surface area (Å²) in [6.45, 7) is 1.78. The van der Waals surface area contributed by atoms with Crippen LogP contribution in [0, 0.1) is 0 Å². The normalized spacial score (nSPS) is 13.4. The zero-order valence-electron chi connectivity index (χ0n) is 10.6. The van der Waals surface area contributed by atoms with E-state index in [1.54, 1.807) is 13.0 Å². The van der Waals surface area contributed by atoms with E-state index in [1.165, 1.54) is 12.1 Å². The van der Waals surface area contributed by atoms with E-state index in [2.05, 4.69) is 9.97 Å². The minimum atomic E-state index is -4.55. The summed E-state index contributed by atoms with van der Waals surface area (Å²) in [6, 6.07) is 4.59. The quantitative estimate of drug-likeness (QED) is 0.941. The van der Waals surface area contributed by atoms with Crippen molar-refractivity contribution >= 4 is 16.9 Å². The third-order valence-corrected chi connectivity index (χ3v) is 3.01. The molecule has 1 heterocycles. The maximum absolute atomic E-state index is 12.6. The van der Waals surface area contributed by atoms with Gasteiger partial charge in [0.1, 0.15) is 0 Å². The maximum atomic E-state index is 12.6. The second-order valence-electron chi connectivity index (χ2n) is 4.36. The van der Waals surface area contributed by atoms with Gasteiger partial charge in [-0.05, 0) is 24.1 Å². The number of hydrogen-bond acceptors (Lipinski definition) is 3. The highest BCUT2D eigenvalue weighted by Crippen LogP contribution is 2.29. The largest absolute Gasteiger partial charge is 0.434 e. The van der Waals surface area contributed by atoms with Crippen LogP contribution in [0.25, 0.3) is 11.0 Å². The molecule has 1 unspecified atom stereocenters. The highest BCUT2D eigenvalue weighted by molar-refractivity contribution is 5.84. The molecule has 7 heteroatoms. The number of nitrogens with two attached hydrogens (primary N) is 1. The smallest absolute Gasteiger partial charge is 0.369 e. The highest BCUT2D eigenvalue weighted by atomic mass is 19.4. The Morgan fingerprint density at radius 3 is 2.60 bits per heavy atom. The van der Waals surface area contributed by atoms with Gasteiger partial charge in [-0.25, -0.2) is 4.98 Å². The van der Waals surface area contributed by atoms with E-state index < -0.39 is 23.7 Å². The molecular formula is C13H12F3N3O. The lowest BCUT2D eigenvalue weighted by Crippen LogP contribution is -2.20. The summed E-state index contributed by atoms with van der Waals surface area (Å²) in [4.78, 5) is 18.6. The van der Waals surface area contributed by atoms with Gasteiger partial charge in [0.2, 0.25) is 5.91 Å². The number of amides is 1. The second-order valence-corrected chi connectivity index (χ2v) is 4.36. The van der Waals surface area contributed by atoms with Crippen LogP contribution in [0.15, 0.2) is 24.4 Å². The molecule has 1 amide bonds. The number of hydrogen-bond donors (Lipinski definition) is 1. The van der Waals surface area contributed by atoms with Crippen molar-refractivity contribution in [2.24, 2.45) is 5.73 Å². The molecular weight excluding hydrogens is 271 g/mol. The Bertz CT molecular complexity index is 655. The van der Waals surface area contributed by atoms with Crippen LogP contribution in [-0.2, 0) is 11.0 Å². The monoisotopic (exact) mass is 283 g/mol. The van der Waals surface area contributed by atoms with Gasteiger partial charge in [0, 0.05) is 0 Å². The molecule has 2 N–H and O–H groups in total. The second kappa shape index (κ2) is 5.07. The maximum Gasteiger partial charge on any atom is 0.434 e. The van der Waals surface area contributed by atoms with Gasteiger partial charge in [0.25, 0.3) is 0 Å². The van der Waals surface area contributed by atoms with E-state index in [1.807, 2.05) is 0 Å². The van der Waals surface area contributed by atoms with Gasteiger partial charge in [0.05, 0.1) is 23.1 Å². The summed E-state index contributed by atoms with van der Waals surface area (Å²) in [5.41, 5.74) is 5.18. The number of halogens is 3. The van der Waals surface area contributed by atoms with Gasteiger partial charge in [0.15, 0.2) is 5.69 Å². The molecule has 2 rings (SSSR count). The van der Waals surface area contributed by atoms with Crippen LogP contribution in [0.2, 0.25) is 0 Å². The molecule has 0 radical (unpaired) electrons. The van der Waals surface area contributed by atoms with Crippen molar-refractivity contribution in [2.75, 3.05) is 0 Å². The molecule has 0 aliphatic rings. The van der Waals surface area contributed by atoms with E-state index in [4.69, 9.17) is 5.73 Å². The van der Waals surface area contributed by atoms with E-state index >= 15 is 0 Å². The average molecular weight is 283 g/mol. The number of carbonyl (C=O) groups is 1. The van der Waals surface area contributed by atoms with Crippen molar-refractivity contribution in [2.45, 2.75) is 25.4 Å². The fraction of sp³-hybridized carbons (Fsp3) is 0.308. The minimum Gasteiger partial charge on any atom is -0.369 e. The van der Waals surface area contributed by atoms with Gasteiger partial charge >= 0.3 is 6.18 Å². The summed E-state index contributed by atoms with van der Waals surface area (Å²) in [7, 11) is 0. The van der Waals surface area contributed by atoms with Crippen LogP contribution < -0.4 is 5.73 Å². The summed E-state index contributed by atoms with van der Waals surface area (Å²) < 4.78 is 37.8. The van der Waals surface area contributed by atoms with E-state index in [-0.39, 0.29) is 5.52 Å². The number of alkyl halides is 3. The number of nitrogens with zero attached hydrogens (tertiary/aromatic N) is 2. The van der Waals surface area contributed by atoms with Gasteiger partial charge < -0.3 is 5.73 Å². The first-order valence-corrected chi connectivity index (χ1v) is 5.96. The molecule has 0 spiro atoms. The highest BCUT2D eigenvalue weighted by Gasteiger charge is 2.33. The van der Waals surface area contributed by atoms with E-state index in [0.29, 0.717) is 23.7 Å². The first-order chi connectivity index (χ1) is 9.32. The molecule has 0 aliphatic heterocycles. The number of primary amides is 1. The van der Waals surface area contributed by atoms with Crippen molar-refractivity contribution in [1.29, 1.82) is 0 Å². The number of benzene rings is 1. The summed E-state index contributed by atoms with van der Waals surface area (Å²) in [5, 5.41) is 0. The third-order valence-electron chi connectivity index (χ3n) is 3.01. The number of carbonyl (C=O) groups excluding carboxylic acids is 1. The molecule has 0 saturated heterocycles. The van der Waals surface area contributed by atoms with E-state index in [0.717, 1.165) is 0 Å². The Labute approximate surface area is 112 Å². The Hall–Kier alpha value is -2.18. The molecule has 0 aliphatic carbocycles. The van der Waals surface area contributed by atoms with Gasteiger partial charge in [-0.3, -0.25) is 9.78 Å². The number of aromatic nitrogens is 2. The molecule has 20 heavy (non-hydrogen) atoms.